The van der Waals surface area contributed by atoms with E-state index in [1.54, 1.807) is 6.20 Å². The van der Waals surface area contributed by atoms with E-state index < -0.39 is 10.8 Å². The maximum absolute atomic E-state index is 12.2. The summed E-state index contributed by atoms with van der Waals surface area (Å²) < 4.78 is 18.0. The van der Waals surface area contributed by atoms with E-state index in [1.165, 1.54) is 18.6 Å². The molecule has 30 heavy (non-hydrogen) atoms. The molecule has 3 fully saturated rings. The van der Waals surface area contributed by atoms with Crippen LogP contribution in [0.3, 0.4) is 0 Å². The summed E-state index contributed by atoms with van der Waals surface area (Å²) in [6, 6.07) is 6.07. The standard InChI is InChI=1S/C23H24ClN3O2S/c1-13(21-4-5-22(29-21)30(28)17-2-3-17)26-16-10-23(11-16)8-14(9-23)18-7-19-20(27-18)6-15(24)12-25-19/h4-6,12,14,16-17,26H,1-3,7-11H2. The summed E-state index contributed by atoms with van der Waals surface area (Å²) in [7, 11) is -1.01. The number of furan rings is 1. The highest BCUT2D eigenvalue weighted by Gasteiger charge is 2.54. The molecule has 156 valence electrons. The normalized spacial score (nSPS) is 30.2. The average molecular weight is 442 g/mol. The van der Waals surface area contributed by atoms with E-state index in [0.29, 0.717) is 33.2 Å². The molecule has 0 amide bonds. The summed E-state index contributed by atoms with van der Waals surface area (Å²) in [4.78, 5) is 9.23. The Morgan fingerprint density at radius 1 is 1.27 bits per heavy atom. The predicted molar refractivity (Wildman–Crippen MR) is 119 cm³/mol. The summed E-state index contributed by atoms with van der Waals surface area (Å²) in [5.74, 6) is 1.28. The summed E-state index contributed by atoms with van der Waals surface area (Å²) in [6.07, 6.45) is 9.40. The predicted octanol–water partition coefficient (Wildman–Crippen LogP) is 5.05. The first-order valence-corrected chi connectivity index (χ1v) is 12.3. The second-order valence-corrected chi connectivity index (χ2v) is 11.4. The summed E-state index contributed by atoms with van der Waals surface area (Å²) in [5, 5.41) is 5.03. The molecule has 7 heteroatoms. The van der Waals surface area contributed by atoms with Gasteiger partial charge in [-0.05, 0) is 68.1 Å². The van der Waals surface area contributed by atoms with Crippen molar-refractivity contribution in [2.45, 2.75) is 61.3 Å². The number of fused-ring (bicyclic) bond motifs is 1. The molecule has 2 aromatic rings. The van der Waals surface area contributed by atoms with Crippen LogP contribution in [-0.4, -0.2) is 26.2 Å². The van der Waals surface area contributed by atoms with Gasteiger partial charge in [-0.2, -0.15) is 0 Å². The van der Waals surface area contributed by atoms with Crippen LogP contribution in [0.1, 0.15) is 50.0 Å². The topological polar surface area (TPSA) is 67.5 Å². The molecule has 0 bridgehead atoms. The van der Waals surface area contributed by atoms with Crippen LogP contribution in [0.15, 0.2) is 45.5 Å². The van der Waals surface area contributed by atoms with Crippen molar-refractivity contribution in [3.05, 3.63) is 47.5 Å². The minimum atomic E-state index is -1.01. The molecule has 1 unspecified atom stereocenters. The average Bonchev–Trinajstić information content (AvgIpc) is 3.24. The Hall–Kier alpha value is -1.92. The molecule has 5 nitrogen and oxygen atoms in total. The second kappa shape index (κ2) is 6.79. The van der Waals surface area contributed by atoms with Crippen LogP contribution in [0.5, 0.6) is 0 Å². The third-order valence-corrected chi connectivity index (χ3v) is 8.90. The molecule has 1 aliphatic heterocycles. The van der Waals surface area contributed by atoms with Gasteiger partial charge in [0.15, 0.2) is 10.9 Å². The molecule has 4 aliphatic rings. The molecule has 2 aromatic heterocycles. The zero-order valence-electron chi connectivity index (χ0n) is 16.7. The lowest BCUT2D eigenvalue weighted by atomic mass is 9.49. The summed E-state index contributed by atoms with van der Waals surface area (Å²) >= 11 is 6.04. The van der Waals surface area contributed by atoms with E-state index >= 15 is 0 Å². The van der Waals surface area contributed by atoms with Crippen LogP contribution in [0.4, 0.5) is 5.69 Å². The fourth-order valence-corrected chi connectivity index (χ4v) is 6.71. The van der Waals surface area contributed by atoms with Crippen LogP contribution in [0, 0.1) is 11.3 Å². The monoisotopic (exact) mass is 441 g/mol. The van der Waals surface area contributed by atoms with Gasteiger partial charge in [-0.15, -0.1) is 0 Å². The van der Waals surface area contributed by atoms with Gasteiger partial charge >= 0.3 is 0 Å². The third kappa shape index (κ3) is 3.25. The van der Waals surface area contributed by atoms with Crippen LogP contribution in [-0.2, 0) is 17.2 Å². The van der Waals surface area contributed by atoms with E-state index in [1.807, 2.05) is 18.2 Å². The lowest BCUT2D eigenvalue weighted by Crippen LogP contribution is -2.55. The fourth-order valence-electron chi connectivity index (χ4n) is 5.29. The van der Waals surface area contributed by atoms with Gasteiger partial charge in [-0.3, -0.25) is 14.2 Å². The van der Waals surface area contributed by atoms with Gasteiger partial charge in [0, 0.05) is 29.6 Å². The van der Waals surface area contributed by atoms with Crippen molar-refractivity contribution in [3.63, 3.8) is 0 Å². The maximum atomic E-state index is 12.2. The van der Waals surface area contributed by atoms with Gasteiger partial charge in [0.05, 0.1) is 32.9 Å². The molecule has 1 atom stereocenters. The lowest BCUT2D eigenvalue weighted by Gasteiger charge is -2.58. The van der Waals surface area contributed by atoms with Crippen molar-refractivity contribution in [3.8, 4) is 0 Å². The van der Waals surface area contributed by atoms with Crippen LogP contribution in [0.25, 0.3) is 5.70 Å². The first-order valence-electron chi connectivity index (χ1n) is 10.7. The number of rotatable bonds is 6. The SMILES string of the molecule is C=C(NC1CC2(C1)CC(C1=Nc3cc(Cl)cnc3C1)C2)c1ccc(S(=O)C2CC2)o1. The van der Waals surface area contributed by atoms with Crippen molar-refractivity contribution in [2.75, 3.05) is 0 Å². The minimum absolute atomic E-state index is 0.285. The number of nitrogens with one attached hydrogen (secondary N) is 1. The van der Waals surface area contributed by atoms with Gasteiger partial charge in [0.25, 0.3) is 0 Å². The molecule has 0 radical (unpaired) electrons. The molecule has 3 aliphatic carbocycles. The molecule has 3 saturated carbocycles. The van der Waals surface area contributed by atoms with Crippen molar-refractivity contribution in [1.82, 2.24) is 10.3 Å². The number of pyridine rings is 1. The van der Waals surface area contributed by atoms with Gasteiger partial charge in [0.2, 0.25) is 0 Å². The van der Waals surface area contributed by atoms with E-state index in [-0.39, 0.29) is 5.25 Å². The quantitative estimate of drug-likeness (QED) is 0.681. The van der Waals surface area contributed by atoms with Gasteiger partial charge < -0.3 is 9.73 Å². The van der Waals surface area contributed by atoms with Crippen molar-refractivity contribution >= 4 is 39.5 Å². The van der Waals surface area contributed by atoms with Gasteiger partial charge in [0.1, 0.15) is 0 Å². The van der Waals surface area contributed by atoms with Crippen LogP contribution in [0.2, 0.25) is 5.02 Å². The summed E-state index contributed by atoms with van der Waals surface area (Å²) in [6.45, 7) is 4.14. The smallest absolute Gasteiger partial charge is 0.191 e. The zero-order valence-corrected chi connectivity index (χ0v) is 18.3. The zero-order chi connectivity index (χ0) is 20.5. The summed E-state index contributed by atoms with van der Waals surface area (Å²) in [5.41, 5.74) is 4.53. The molecule has 0 saturated heterocycles. The van der Waals surface area contributed by atoms with Crippen LogP contribution >= 0.6 is 11.6 Å². The molecular formula is C23H24ClN3O2S. The van der Waals surface area contributed by atoms with Crippen molar-refractivity contribution in [2.24, 2.45) is 16.3 Å². The number of nitrogens with zero attached hydrogens (tertiary/aromatic N) is 2. The fraction of sp³-hybridized carbons (Fsp3) is 0.478. The first kappa shape index (κ1) is 18.8. The number of aliphatic imine (C=N–C) groups is 1. The molecule has 0 aromatic carbocycles. The van der Waals surface area contributed by atoms with Crippen molar-refractivity contribution < 1.29 is 8.63 Å². The second-order valence-electron chi connectivity index (χ2n) is 9.35. The largest absolute Gasteiger partial charge is 0.446 e. The van der Waals surface area contributed by atoms with E-state index in [4.69, 9.17) is 21.0 Å². The van der Waals surface area contributed by atoms with Crippen molar-refractivity contribution in [1.29, 1.82) is 0 Å². The molecular weight excluding hydrogens is 418 g/mol. The highest BCUT2D eigenvalue weighted by atomic mass is 35.5. The Balaban J connectivity index is 1.01. The molecule has 1 spiro atoms. The number of hydrogen-bond acceptors (Lipinski definition) is 5. The van der Waals surface area contributed by atoms with Crippen LogP contribution < -0.4 is 5.32 Å². The highest BCUT2D eigenvalue weighted by molar-refractivity contribution is 7.85. The number of hydrogen-bond donors (Lipinski definition) is 1. The van der Waals surface area contributed by atoms with Gasteiger partial charge in [-0.1, -0.05) is 18.2 Å². The number of halogens is 1. The van der Waals surface area contributed by atoms with E-state index in [2.05, 4.69) is 16.9 Å². The maximum Gasteiger partial charge on any atom is 0.191 e. The highest BCUT2D eigenvalue weighted by Crippen LogP contribution is 2.60. The minimum Gasteiger partial charge on any atom is -0.446 e. The Morgan fingerprint density at radius 3 is 2.83 bits per heavy atom. The Kier molecular flexibility index (Phi) is 4.26. The number of aromatic nitrogens is 1. The lowest BCUT2D eigenvalue weighted by molar-refractivity contribution is -0.0208. The Labute approximate surface area is 183 Å². The Morgan fingerprint density at radius 2 is 2.07 bits per heavy atom. The van der Waals surface area contributed by atoms with E-state index in [0.717, 1.165) is 49.2 Å². The van der Waals surface area contributed by atoms with E-state index in [9.17, 15) is 4.21 Å². The molecule has 6 rings (SSSR count). The van der Waals surface area contributed by atoms with Gasteiger partial charge in [-0.25, -0.2) is 0 Å². The first-order chi connectivity index (χ1) is 14.5. The Bertz CT molecular complexity index is 1090. The third-order valence-electron chi connectivity index (χ3n) is 7.00. The molecule has 3 heterocycles. The molecule has 1 N–H and O–H groups in total.